The fraction of sp³-hybridized carbons (Fsp3) is 0.458. The maximum Gasteiger partial charge on any atom is 0.435 e. The molecule has 0 fully saturated rings. The molecular formula is C24H27F3N8O4. The zero-order valence-corrected chi connectivity index (χ0v) is 21.2. The van der Waals surface area contributed by atoms with Crippen LogP contribution in [0.25, 0.3) is 0 Å². The number of hydrogen-bond acceptors (Lipinski definition) is 10. The van der Waals surface area contributed by atoms with Crippen LogP contribution in [0.1, 0.15) is 30.3 Å². The number of nitrogens with one attached hydrogen (secondary N) is 1. The molecule has 15 heteroatoms. The quantitative estimate of drug-likeness (QED) is 0.383. The summed E-state index contributed by atoms with van der Waals surface area (Å²) in [5.41, 5.74) is -0.132. The number of alkyl halides is 3. The number of aliphatic hydroxyl groups is 2. The molecule has 0 unspecified atom stereocenters. The lowest BCUT2D eigenvalue weighted by atomic mass is 9.93. The molecule has 0 saturated carbocycles. The predicted octanol–water partition coefficient (Wildman–Crippen LogP) is 1.96. The summed E-state index contributed by atoms with van der Waals surface area (Å²) in [4.78, 5) is 29.8. The molecule has 12 nitrogen and oxygen atoms in total. The van der Waals surface area contributed by atoms with Gasteiger partial charge in [0, 0.05) is 38.5 Å². The number of anilines is 3. The molecule has 1 atom stereocenters. The standard InChI is InChI=1S/C24H27F3N8O4/c1-23(13-37)21(38)34-7-3-4-15-19(34)20(33(23)2)31-22(30-15)29-12-14-5-6-17(28-11-14)39-18-10-16(24(25,26)27)32-35(18)8-9-36/h5-6,10-11,36-37H,3-4,7-9,12-13H2,1-2H3,(H,29,30,31)/t23-/m0/s1. The molecule has 0 aromatic carbocycles. The lowest BCUT2D eigenvalue weighted by molar-refractivity contribution is -0.141. The maximum atomic E-state index is 13.1. The van der Waals surface area contributed by atoms with Crippen LogP contribution in [0.4, 0.5) is 30.6 Å². The van der Waals surface area contributed by atoms with Crippen LogP contribution in [-0.4, -0.2) is 73.2 Å². The van der Waals surface area contributed by atoms with E-state index >= 15 is 0 Å². The van der Waals surface area contributed by atoms with Gasteiger partial charge in [-0.2, -0.15) is 23.3 Å². The van der Waals surface area contributed by atoms with Crippen LogP contribution in [-0.2, 0) is 30.5 Å². The van der Waals surface area contributed by atoms with Crippen molar-refractivity contribution in [2.45, 2.75) is 44.6 Å². The molecule has 39 heavy (non-hydrogen) atoms. The van der Waals surface area contributed by atoms with Gasteiger partial charge in [-0.15, -0.1) is 0 Å². The Bertz CT molecular complexity index is 1380. The lowest BCUT2D eigenvalue weighted by Gasteiger charge is -2.47. The third-order valence-electron chi connectivity index (χ3n) is 6.88. The minimum absolute atomic E-state index is 0.0516. The topological polar surface area (TPSA) is 142 Å². The Kier molecular flexibility index (Phi) is 6.80. The smallest absolute Gasteiger partial charge is 0.421 e. The van der Waals surface area contributed by atoms with Crippen molar-refractivity contribution in [1.82, 2.24) is 24.7 Å². The van der Waals surface area contributed by atoms with E-state index in [0.717, 1.165) is 28.4 Å². The second-order valence-electron chi connectivity index (χ2n) is 9.49. The lowest BCUT2D eigenvalue weighted by Crippen LogP contribution is -2.64. The van der Waals surface area contributed by atoms with Gasteiger partial charge < -0.3 is 30.1 Å². The average Bonchev–Trinajstić information content (AvgIpc) is 3.33. The third kappa shape index (κ3) is 4.83. The number of carbonyl (C=O) groups excluding carboxylic acids is 1. The van der Waals surface area contributed by atoms with Gasteiger partial charge in [-0.25, -0.2) is 14.6 Å². The van der Waals surface area contributed by atoms with Crippen molar-refractivity contribution >= 4 is 23.4 Å². The summed E-state index contributed by atoms with van der Waals surface area (Å²) in [7, 11) is 1.72. The largest absolute Gasteiger partial charge is 0.435 e. The number of rotatable bonds is 8. The molecule has 0 spiro atoms. The molecule has 208 valence electrons. The molecule has 0 aliphatic carbocycles. The van der Waals surface area contributed by atoms with E-state index in [1.807, 2.05) is 0 Å². The molecule has 3 aromatic rings. The van der Waals surface area contributed by atoms with Gasteiger partial charge in [-0.1, -0.05) is 6.07 Å². The van der Waals surface area contributed by atoms with Gasteiger partial charge in [0.1, 0.15) is 11.2 Å². The van der Waals surface area contributed by atoms with Crippen molar-refractivity contribution in [2.75, 3.05) is 41.9 Å². The number of nitrogens with zero attached hydrogens (tertiary/aromatic N) is 7. The van der Waals surface area contributed by atoms with E-state index in [-0.39, 0.29) is 37.4 Å². The fourth-order valence-electron chi connectivity index (χ4n) is 4.55. The summed E-state index contributed by atoms with van der Waals surface area (Å²) in [6, 6.07) is 3.94. The fourth-order valence-corrected chi connectivity index (χ4v) is 4.55. The molecule has 0 radical (unpaired) electrons. The molecule has 2 aliphatic rings. The number of ether oxygens (including phenoxy) is 1. The molecular weight excluding hydrogens is 521 g/mol. The Labute approximate surface area is 221 Å². The number of aromatic nitrogens is 5. The van der Waals surface area contributed by atoms with E-state index in [0.29, 0.717) is 30.4 Å². The van der Waals surface area contributed by atoms with E-state index in [1.165, 1.54) is 12.3 Å². The number of carbonyl (C=O) groups is 1. The highest BCUT2D eigenvalue weighted by atomic mass is 19.4. The second kappa shape index (κ2) is 9.96. The van der Waals surface area contributed by atoms with Crippen molar-refractivity contribution in [2.24, 2.45) is 0 Å². The Hall–Kier alpha value is -3.98. The molecule has 2 aliphatic heterocycles. The van der Waals surface area contributed by atoms with Crippen LogP contribution in [0.15, 0.2) is 24.4 Å². The van der Waals surface area contributed by atoms with Crippen molar-refractivity contribution in [3.05, 3.63) is 41.3 Å². The van der Waals surface area contributed by atoms with Gasteiger partial charge >= 0.3 is 6.18 Å². The molecule has 0 saturated heterocycles. The number of likely N-dealkylation sites (N-methyl/N-ethyl adjacent to an activating group) is 1. The van der Waals surface area contributed by atoms with Crippen LogP contribution >= 0.6 is 0 Å². The van der Waals surface area contributed by atoms with Gasteiger partial charge in [-0.3, -0.25) is 4.79 Å². The molecule has 5 heterocycles. The summed E-state index contributed by atoms with van der Waals surface area (Å²) in [6.45, 7) is 1.56. The Balaban J connectivity index is 1.32. The minimum atomic E-state index is -4.65. The number of aliphatic hydroxyl groups excluding tert-OH is 2. The van der Waals surface area contributed by atoms with Crippen LogP contribution in [0.3, 0.4) is 0 Å². The van der Waals surface area contributed by atoms with Crippen LogP contribution in [0, 0.1) is 0 Å². The maximum absolute atomic E-state index is 13.1. The van der Waals surface area contributed by atoms with Gasteiger partial charge in [0.25, 0.3) is 5.91 Å². The first-order valence-corrected chi connectivity index (χ1v) is 12.3. The first kappa shape index (κ1) is 26.6. The molecule has 1 amide bonds. The Morgan fingerprint density at radius 2 is 2.03 bits per heavy atom. The minimum Gasteiger partial charge on any atom is -0.421 e. The first-order valence-electron chi connectivity index (χ1n) is 12.3. The molecule has 3 aromatic heterocycles. The molecule has 0 bridgehead atoms. The van der Waals surface area contributed by atoms with Crippen molar-refractivity contribution < 1.29 is 32.9 Å². The highest BCUT2D eigenvalue weighted by Crippen LogP contribution is 2.43. The monoisotopic (exact) mass is 548 g/mol. The summed E-state index contributed by atoms with van der Waals surface area (Å²) in [5, 5.41) is 25.7. The van der Waals surface area contributed by atoms with Crippen LogP contribution < -0.4 is 19.9 Å². The SMILES string of the molecule is CN1c2nc(NCc3ccc(Oc4cc(C(F)(F)F)nn4CCO)nc3)nc3c2N(CCC3)C(=O)[C@]1(C)CO. The van der Waals surface area contributed by atoms with Crippen molar-refractivity contribution in [1.29, 1.82) is 0 Å². The Morgan fingerprint density at radius 1 is 1.23 bits per heavy atom. The normalized spacial score (nSPS) is 18.8. The number of hydrogen-bond donors (Lipinski definition) is 3. The zero-order valence-electron chi connectivity index (χ0n) is 21.2. The molecule has 5 rings (SSSR count). The molecule has 3 N–H and O–H groups in total. The highest BCUT2D eigenvalue weighted by Gasteiger charge is 2.48. The number of halogens is 3. The van der Waals surface area contributed by atoms with E-state index < -0.39 is 24.0 Å². The summed E-state index contributed by atoms with van der Waals surface area (Å²) >= 11 is 0. The average molecular weight is 549 g/mol. The number of pyridine rings is 1. The van der Waals surface area contributed by atoms with E-state index in [2.05, 4.69) is 25.4 Å². The van der Waals surface area contributed by atoms with Gasteiger partial charge in [0.15, 0.2) is 11.5 Å². The summed E-state index contributed by atoms with van der Waals surface area (Å²) < 4.78 is 45.5. The zero-order chi connectivity index (χ0) is 27.9. The van der Waals surface area contributed by atoms with Gasteiger partial charge in [-0.05, 0) is 25.3 Å². The number of aryl methyl sites for hydroxylation is 1. The highest BCUT2D eigenvalue weighted by molar-refractivity contribution is 6.08. The van der Waals surface area contributed by atoms with E-state index in [9.17, 15) is 23.1 Å². The van der Waals surface area contributed by atoms with Gasteiger partial charge in [0.05, 0.1) is 25.5 Å². The number of amides is 1. The summed E-state index contributed by atoms with van der Waals surface area (Å²) in [6.07, 6.45) is -1.73. The van der Waals surface area contributed by atoms with Crippen molar-refractivity contribution in [3.8, 4) is 11.8 Å². The van der Waals surface area contributed by atoms with Crippen LogP contribution in [0.2, 0.25) is 0 Å². The Morgan fingerprint density at radius 3 is 2.69 bits per heavy atom. The van der Waals surface area contributed by atoms with E-state index in [1.54, 1.807) is 29.8 Å². The van der Waals surface area contributed by atoms with Crippen molar-refractivity contribution in [3.63, 3.8) is 0 Å². The predicted molar refractivity (Wildman–Crippen MR) is 133 cm³/mol. The van der Waals surface area contributed by atoms with Crippen LogP contribution in [0.5, 0.6) is 11.8 Å². The second-order valence-corrected chi connectivity index (χ2v) is 9.49. The summed E-state index contributed by atoms with van der Waals surface area (Å²) in [5.74, 6) is 0.569. The van der Waals surface area contributed by atoms with Gasteiger partial charge in [0.2, 0.25) is 17.7 Å². The third-order valence-corrected chi connectivity index (χ3v) is 6.88. The first-order chi connectivity index (χ1) is 18.5. The van der Waals surface area contributed by atoms with E-state index in [4.69, 9.17) is 9.84 Å².